The summed E-state index contributed by atoms with van der Waals surface area (Å²) in [4.78, 5) is 12.9. The molecule has 1 fully saturated rings. The van der Waals surface area contributed by atoms with Gasteiger partial charge in [-0.05, 0) is 55.7 Å². The third kappa shape index (κ3) is 3.74. The Morgan fingerprint density at radius 2 is 2.04 bits per heavy atom. The highest BCUT2D eigenvalue weighted by Gasteiger charge is 2.61. The first kappa shape index (κ1) is 18.8. The van der Waals surface area contributed by atoms with E-state index in [1.165, 1.54) is 5.57 Å². The maximum atomic E-state index is 12.9. The lowest BCUT2D eigenvalue weighted by Crippen LogP contribution is -2.15. The zero-order valence-corrected chi connectivity index (χ0v) is 16.5. The molecular weight excluding hydrogens is 328 g/mol. The number of esters is 1. The number of carbonyl (C=O) groups is 1. The Bertz CT molecular complexity index is 700. The Morgan fingerprint density at radius 1 is 1.31 bits per heavy atom. The second-order valence-corrected chi connectivity index (χ2v) is 8.25. The smallest absolute Gasteiger partial charge is 0.310 e. The van der Waals surface area contributed by atoms with Crippen LogP contribution in [-0.4, -0.2) is 12.8 Å². The lowest BCUT2D eigenvalue weighted by atomic mass is 10.0. The lowest BCUT2D eigenvalue weighted by molar-refractivity contribution is -0.152. The predicted molar refractivity (Wildman–Crippen MR) is 101 cm³/mol. The van der Waals surface area contributed by atoms with Gasteiger partial charge in [-0.1, -0.05) is 44.9 Å². The third-order valence-electron chi connectivity index (χ3n) is 5.52. The average molecular weight is 358 g/mol. The highest BCUT2D eigenvalue weighted by atomic mass is 16.7. The molecule has 0 N–H and O–H groups in total. The molecule has 3 unspecified atom stereocenters. The number of fused-ring (bicyclic) bond motifs is 1. The van der Waals surface area contributed by atoms with Crippen LogP contribution in [0, 0.1) is 17.3 Å². The summed E-state index contributed by atoms with van der Waals surface area (Å²) in [5, 5.41) is 0. The summed E-state index contributed by atoms with van der Waals surface area (Å²) in [5.41, 5.74) is 2.20. The van der Waals surface area contributed by atoms with Crippen molar-refractivity contribution >= 4 is 5.97 Å². The topological polar surface area (TPSA) is 44.8 Å². The van der Waals surface area contributed by atoms with E-state index in [9.17, 15) is 4.79 Å². The Balaban J connectivity index is 1.75. The minimum atomic E-state index is -0.235. The van der Waals surface area contributed by atoms with Crippen LogP contribution in [0.1, 0.15) is 65.5 Å². The first-order chi connectivity index (χ1) is 12.3. The molecule has 0 spiro atoms. The number of allylic oxidation sites excluding steroid dienone is 2. The van der Waals surface area contributed by atoms with E-state index >= 15 is 0 Å². The summed E-state index contributed by atoms with van der Waals surface area (Å²) in [5.74, 6) is 1.60. The average Bonchev–Trinajstić information content (AvgIpc) is 2.94. The molecule has 1 aromatic carbocycles. The van der Waals surface area contributed by atoms with Gasteiger partial charge in [0.25, 0.3) is 0 Å². The van der Waals surface area contributed by atoms with Crippen molar-refractivity contribution in [2.75, 3.05) is 6.79 Å². The van der Waals surface area contributed by atoms with Gasteiger partial charge >= 0.3 is 5.97 Å². The first-order valence-corrected chi connectivity index (χ1v) is 9.59. The predicted octanol–water partition coefficient (Wildman–Crippen LogP) is 5.43. The summed E-state index contributed by atoms with van der Waals surface area (Å²) < 4.78 is 16.9. The molecule has 142 valence electrons. The Hall–Kier alpha value is -1.97. The van der Waals surface area contributed by atoms with E-state index in [2.05, 4.69) is 40.7 Å². The van der Waals surface area contributed by atoms with Crippen molar-refractivity contribution in [3.8, 4) is 11.5 Å². The van der Waals surface area contributed by atoms with E-state index in [4.69, 9.17) is 14.2 Å². The van der Waals surface area contributed by atoms with Gasteiger partial charge in [0.15, 0.2) is 11.5 Å². The Kier molecular flexibility index (Phi) is 5.31. The quantitative estimate of drug-likeness (QED) is 0.482. The van der Waals surface area contributed by atoms with E-state index in [1.54, 1.807) is 0 Å². The van der Waals surface area contributed by atoms with Gasteiger partial charge in [0.05, 0.1) is 5.92 Å². The van der Waals surface area contributed by atoms with Crippen LogP contribution in [0.3, 0.4) is 0 Å². The van der Waals surface area contributed by atoms with E-state index in [0.29, 0.717) is 0 Å². The van der Waals surface area contributed by atoms with E-state index in [1.807, 2.05) is 18.2 Å². The second kappa shape index (κ2) is 7.34. The van der Waals surface area contributed by atoms with Gasteiger partial charge in [-0.25, -0.2) is 0 Å². The van der Waals surface area contributed by atoms with Crippen LogP contribution in [-0.2, 0) is 9.53 Å². The lowest BCUT2D eigenvalue weighted by Gasteiger charge is -2.19. The molecule has 0 aromatic heterocycles. The van der Waals surface area contributed by atoms with Crippen LogP contribution in [0.2, 0.25) is 0 Å². The normalized spacial score (nSPS) is 23.3. The zero-order valence-electron chi connectivity index (χ0n) is 16.5. The Labute approximate surface area is 156 Å². The van der Waals surface area contributed by atoms with Crippen molar-refractivity contribution in [3.63, 3.8) is 0 Å². The number of carbonyl (C=O) groups excluding carboxylic acids is 1. The summed E-state index contributed by atoms with van der Waals surface area (Å²) in [7, 11) is 0. The van der Waals surface area contributed by atoms with Gasteiger partial charge in [0, 0.05) is 0 Å². The summed E-state index contributed by atoms with van der Waals surface area (Å²) in [6.07, 6.45) is 4.86. The second-order valence-electron chi connectivity index (χ2n) is 8.25. The molecule has 4 heteroatoms. The maximum Gasteiger partial charge on any atom is 0.310 e. The monoisotopic (exact) mass is 358 g/mol. The third-order valence-corrected chi connectivity index (χ3v) is 5.52. The zero-order chi connectivity index (χ0) is 18.9. The molecule has 4 nitrogen and oxygen atoms in total. The fourth-order valence-electron chi connectivity index (χ4n) is 3.81. The van der Waals surface area contributed by atoms with Gasteiger partial charge in [0.1, 0.15) is 6.10 Å². The molecule has 1 aliphatic carbocycles. The standard InChI is InChI=1S/C22H30O4/c1-6-7-8-17(15-9-10-18-19(12-15)25-13-24-18)26-21(23)20-16(11-14(2)3)22(20,4)5/h9-12,16-17,20H,6-8,13H2,1-5H3. The van der Waals surface area contributed by atoms with E-state index in [0.717, 1.165) is 36.3 Å². The number of unbranched alkanes of at least 4 members (excludes halogenated alkanes) is 1. The number of hydrogen-bond donors (Lipinski definition) is 0. The summed E-state index contributed by atoms with van der Waals surface area (Å²) in [6, 6.07) is 5.83. The van der Waals surface area contributed by atoms with Gasteiger partial charge in [0.2, 0.25) is 6.79 Å². The van der Waals surface area contributed by atoms with Gasteiger partial charge in [-0.3, -0.25) is 4.79 Å². The largest absolute Gasteiger partial charge is 0.457 e. The molecule has 0 radical (unpaired) electrons. The van der Waals surface area contributed by atoms with Gasteiger partial charge < -0.3 is 14.2 Å². The molecule has 0 amide bonds. The fraction of sp³-hybridized carbons (Fsp3) is 0.591. The molecule has 26 heavy (non-hydrogen) atoms. The summed E-state index contributed by atoms with van der Waals surface area (Å²) >= 11 is 0. The highest BCUT2D eigenvalue weighted by molar-refractivity contribution is 5.78. The van der Waals surface area contributed by atoms with Gasteiger partial charge in [-0.15, -0.1) is 0 Å². The molecule has 0 saturated heterocycles. The molecular formula is C22H30O4. The highest BCUT2D eigenvalue weighted by Crippen LogP contribution is 2.60. The number of hydrogen-bond acceptors (Lipinski definition) is 4. The fourth-order valence-corrected chi connectivity index (χ4v) is 3.81. The van der Waals surface area contributed by atoms with Crippen LogP contribution in [0.4, 0.5) is 0 Å². The molecule has 0 bridgehead atoms. The molecule has 1 aliphatic heterocycles. The van der Waals surface area contributed by atoms with Crippen molar-refractivity contribution in [2.45, 2.75) is 60.0 Å². The molecule has 1 saturated carbocycles. The van der Waals surface area contributed by atoms with Crippen molar-refractivity contribution in [3.05, 3.63) is 35.4 Å². The van der Waals surface area contributed by atoms with E-state index < -0.39 is 0 Å². The number of benzene rings is 1. The number of ether oxygens (including phenoxy) is 3. The van der Waals surface area contributed by atoms with Gasteiger partial charge in [-0.2, -0.15) is 0 Å². The molecule has 3 rings (SSSR count). The van der Waals surface area contributed by atoms with Crippen LogP contribution < -0.4 is 9.47 Å². The van der Waals surface area contributed by atoms with Crippen LogP contribution >= 0.6 is 0 Å². The van der Waals surface area contributed by atoms with Crippen molar-refractivity contribution < 1.29 is 19.0 Å². The molecule has 2 aliphatic rings. The SMILES string of the molecule is CCCCC(OC(=O)C1C(C=C(C)C)C1(C)C)c1ccc2c(c1)OCO2. The maximum absolute atomic E-state index is 12.9. The molecule has 1 heterocycles. The Morgan fingerprint density at radius 3 is 2.73 bits per heavy atom. The minimum Gasteiger partial charge on any atom is -0.457 e. The van der Waals surface area contributed by atoms with Crippen molar-refractivity contribution in [1.82, 2.24) is 0 Å². The van der Waals surface area contributed by atoms with Crippen molar-refractivity contribution in [2.24, 2.45) is 17.3 Å². The van der Waals surface area contributed by atoms with Crippen LogP contribution in [0.5, 0.6) is 11.5 Å². The first-order valence-electron chi connectivity index (χ1n) is 9.59. The van der Waals surface area contributed by atoms with Crippen molar-refractivity contribution in [1.29, 1.82) is 0 Å². The van der Waals surface area contributed by atoms with Crippen LogP contribution in [0.25, 0.3) is 0 Å². The number of rotatable bonds is 7. The van der Waals surface area contributed by atoms with Crippen LogP contribution in [0.15, 0.2) is 29.8 Å². The minimum absolute atomic E-state index is 0.0292. The summed E-state index contributed by atoms with van der Waals surface area (Å²) in [6.45, 7) is 10.8. The van der Waals surface area contributed by atoms with E-state index in [-0.39, 0.29) is 36.1 Å². The molecule has 3 atom stereocenters. The molecule has 1 aromatic rings.